The fourth-order valence-corrected chi connectivity index (χ4v) is 4.56. The van der Waals surface area contributed by atoms with E-state index in [2.05, 4.69) is 16.4 Å². The normalized spacial score (nSPS) is 11.0. The van der Waals surface area contributed by atoms with Gasteiger partial charge in [-0.3, -0.25) is 4.79 Å². The highest BCUT2D eigenvalue weighted by molar-refractivity contribution is 5.93. The maximum atomic E-state index is 13.7. The third kappa shape index (κ3) is 7.45. The summed E-state index contributed by atoms with van der Waals surface area (Å²) in [4.78, 5) is 33.4. The van der Waals surface area contributed by atoms with Gasteiger partial charge in [0.15, 0.2) is 0 Å². The van der Waals surface area contributed by atoms with Gasteiger partial charge in [0.25, 0.3) is 0 Å². The van der Waals surface area contributed by atoms with Crippen molar-refractivity contribution in [2.24, 2.45) is 0 Å². The van der Waals surface area contributed by atoms with Crippen LogP contribution in [0.25, 0.3) is 10.9 Å². The molecule has 0 bridgehead atoms. The first-order chi connectivity index (χ1) is 18.8. The predicted octanol–water partition coefficient (Wildman–Crippen LogP) is 5.68. The summed E-state index contributed by atoms with van der Waals surface area (Å²) in [6.07, 6.45) is 2.59. The predicted molar refractivity (Wildman–Crippen MR) is 152 cm³/mol. The van der Waals surface area contributed by atoms with E-state index in [0.717, 1.165) is 33.2 Å². The number of H-pyrrole nitrogens is 1. The molecule has 3 amide bonds. The van der Waals surface area contributed by atoms with Crippen molar-refractivity contribution in [2.45, 2.75) is 26.8 Å². The Morgan fingerprint density at radius 3 is 2.49 bits per heavy atom. The zero-order valence-corrected chi connectivity index (χ0v) is 22.7. The number of methoxy groups -OCH3 is 1. The van der Waals surface area contributed by atoms with Crippen LogP contribution in [0.5, 0.6) is 0 Å². The molecule has 1 aromatic heterocycles. The minimum absolute atomic E-state index is 0.116. The Hall–Kier alpha value is -4.17. The number of ether oxygens (including phenoxy) is 1. The summed E-state index contributed by atoms with van der Waals surface area (Å²) in [5, 5.41) is 4.05. The summed E-state index contributed by atoms with van der Waals surface area (Å²) in [5.41, 5.74) is 5.69. The molecule has 0 unspecified atom stereocenters. The molecule has 0 atom stereocenters. The molecule has 0 saturated heterocycles. The number of carbonyl (C=O) groups excluding carboxylic acids is 2. The summed E-state index contributed by atoms with van der Waals surface area (Å²) >= 11 is 0. The van der Waals surface area contributed by atoms with Crippen molar-refractivity contribution >= 4 is 28.5 Å². The van der Waals surface area contributed by atoms with E-state index in [1.54, 1.807) is 24.1 Å². The van der Waals surface area contributed by atoms with Crippen molar-refractivity contribution in [1.82, 2.24) is 14.8 Å². The van der Waals surface area contributed by atoms with Gasteiger partial charge in [0, 0.05) is 49.5 Å². The first-order valence-corrected chi connectivity index (χ1v) is 13.0. The Morgan fingerprint density at radius 1 is 0.974 bits per heavy atom. The number of anilines is 1. The molecular formula is C31H35FN4O3. The number of hydrogen-bond donors (Lipinski definition) is 2. The van der Waals surface area contributed by atoms with Gasteiger partial charge in [0.05, 0.1) is 6.61 Å². The fourth-order valence-electron chi connectivity index (χ4n) is 4.56. The summed E-state index contributed by atoms with van der Waals surface area (Å²) in [6, 6.07) is 19.6. The van der Waals surface area contributed by atoms with Crippen LogP contribution in [0.15, 0.2) is 72.9 Å². The Kier molecular flexibility index (Phi) is 9.33. The number of nitrogens with zero attached hydrogens (tertiary/aromatic N) is 2. The number of aryl methyl sites for hydroxylation is 2. The molecule has 204 valence electrons. The first-order valence-electron chi connectivity index (χ1n) is 13.0. The van der Waals surface area contributed by atoms with Gasteiger partial charge in [-0.15, -0.1) is 0 Å². The number of halogens is 1. The number of para-hydroxylation sites is 1. The molecule has 4 rings (SSSR count). The van der Waals surface area contributed by atoms with Crippen LogP contribution in [-0.2, 0) is 22.5 Å². The van der Waals surface area contributed by atoms with Crippen molar-refractivity contribution in [3.8, 4) is 0 Å². The van der Waals surface area contributed by atoms with Gasteiger partial charge in [0.1, 0.15) is 12.4 Å². The van der Waals surface area contributed by atoms with Crippen LogP contribution in [0.4, 0.5) is 14.9 Å². The number of aromatic amines is 1. The number of urea groups is 1. The van der Waals surface area contributed by atoms with Crippen molar-refractivity contribution in [1.29, 1.82) is 0 Å². The molecule has 0 aliphatic rings. The lowest BCUT2D eigenvalue weighted by molar-refractivity contribution is -0.132. The lowest BCUT2D eigenvalue weighted by Gasteiger charge is -2.28. The lowest BCUT2D eigenvalue weighted by Crippen LogP contribution is -2.46. The van der Waals surface area contributed by atoms with Gasteiger partial charge in [-0.1, -0.05) is 48.0 Å². The van der Waals surface area contributed by atoms with Gasteiger partial charge >= 0.3 is 6.03 Å². The molecule has 1 heterocycles. The monoisotopic (exact) mass is 530 g/mol. The zero-order chi connectivity index (χ0) is 27.8. The second-order valence-corrected chi connectivity index (χ2v) is 9.71. The van der Waals surface area contributed by atoms with E-state index in [0.29, 0.717) is 31.8 Å². The fraction of sp³-hybridized carbons (Fsp3) is 0.290. The van der Waals surface area contributed by atoms with Crippen LogP contribution in [0.2, 0.25) is 0 Å². The van der Waals surface area contributed by atoms with E-state index < -0.39 is 0 Å². The van der Waals surface area contributed by atoms with Crippen molar-refractivity contribution in [3.05, 3.63) is 101 Å². The maximum absolute atomic E-state index is 13.7. The molecule has 0 aliphatic carbocycles. The summed E-state index contributed by atoms with van der Waals surface area (Å²) in [5.74, 6) is -0.532. The molecule has 0 aliphatic heterocycles. The highest BCUT2D eigenvalue weighted by Crippen LogP contribution is 2.20. The second kappa shape index (κ2) is 13.1. The van der Waals surface area contributed by atoms with Gasteiger partial charge < -0.3 is 24.8 Å². The highest BCUT2D eigenvalue weighted by atomic mass is 19.1. The Labute approximate surface area is 228 Å². The van der Waals surface area contributed by atoms with Gasteiger partial charge in [-0.05, 0) is 61.2 Å². The highest BCUT2D eigenvalue weighted by Gasteiger charge is 2.22. The van der Waals surface area contributed by atoms with Crippen LogP contribution >= 0.6 is 0 Å². The van der Waals surface area contributed by atoms with Gasteiger partial charge in [0.2, 0.25) is 5.91 Å². The molecule has 0 radical (unpaired) electrons. The quantitative estimate of drug-likeness (QED) is 0.262. The van der Waals surface area contributed by atoms with E-state index >= 15 is 0 Å². The van der Waals surface area contributed by atoms with Crippen LogP contribution < -0.4 is 5.32 Å². The van der Waals surface area contributed by atoms with Crippen molar-refractivity contribution in [2.75, 3.05) is 38.7 Å². The molecule has 0 fully saturated rings. The van der Waals surface area contributed by atoms with Crippen molar-refractivity contribution < 1.29 is 18.7 Å². The van der Waals surface area contributed by atoms with E-state index in [-0.39, 0.29) is 30.8 Å². The van der Waals surface area contributed by atoms with Crippen LogP contribution in [0.1, 0.15) is 22.3 Å². The minimum Gasteiger partial charge on any atom is -0.383 e. The zero-order valence-electron chi connectivity index (χ0n) is 22.7. The average Bonchev–Trinajstić information content (AvgIpc) is 3.34. The largest absolute Gasteiger partial charge is 0.383 e. The topological polar surface area (TPSA) is 77.7 Å². The number of rotatable bonds is 11. The maximum Gasteiger partial charge on any atom is 0.322 e. The van der Waals surface area contributed by atoms with E-state index in [9.17, 15) is 14.0 Å². The molecule has 2 N–H and O–H groups in total. The molecular weight excluding hydrogens is 495 g/mol. The number of fused-ring (bicyclic) bond motifs is 1. The number of benzene rings is 3. The first kappa shape index (κ1) is 27.9. The molecule has 0 saturated carbocycles. The van der Waals surface area contributed by atoms with E-state index in [1.165, 1.54) is 17.0 Å². The average molecular weight is 531 g/mol. The molecule has 4 aromatic rings. The summed E-state index contributed by atoms with van der Waals surface area (Å²) in [7, 11) is 1.56. The molecule has 8 heteroatoms. The number of hydrogen-bond acceptors (Lipinski definition) is 3. The SMILES string of the molecule is COCCN(CC(=O)N(CCc1c[nH]c2ccccc12)Cc1ccc(F)cc1)C(=O)Nc1ccc(C)cc1C. The van der Waals surface area contributed by atoms with Crippen molar-refractivity contribution in [3.63, 3.8) is 0 Å². The van der Waals surface area contributed by atoms with Crippen LogP contribution in [0, 0.1) is 19.7 Å². The van der Waals surface area contributed by atoms with E-state index in [4.69, 9.17) is 4.74 Å². The lowest BCUT2D eigenvalue weighted by atomic mass is 10.1. The standard InChI is InChI=1S/C31H35FN4O3/c1-22-8-13-28(23(2)18-22)34-31(38)36(16-17-39-3)21-30(37)35(20-24-9-11-26(32)12-10-24)15-14-25-19-33-29-7-5-4-6-27(25)29/h4-13,18-19,33H,14-17,20-21H2,1-3H3,(H,34,38). The number of nitrogens with one attached hydrogen (secondary N) is 2. The number of carbonyl (C=O) groups is 2. The van der Waals surface area contributed by atoms with E-state index in [1.807, 2.05) is 56.4 Å². The Morgan fingerprint density at radius 2 is 1.74 bits per heavy atom. The third-order valence-electron chi connectivity index (χ3n) is 6.77. The molecule has 0 spiro atoms. The third-order valence-corrected chi connectivity index (χ3v) is 6.77. The smallest absolute Gasteiger partial charge is 0.322 e. The number of aromatic nitrogens is 1. The van der Waals surface area contributed by atoms with Crippen LogP contribution in [-0.4, -0.2) is 60.1 Å². The molecule has 7 nitrogen and oxygen atoms in total. The van der Waals surface area contributed by atoms with Gasteiger partial charge in [-0.2, -0.15) is 0 Å². The Bertz CT molecular complexity index is 1420. The van der Waals surface area contributed by atoms with Crippen LogP contribution in [0.3, 0.4) is 0 Å². The number of amides is 3. The Balaban J connectivity index is 1.51. The minimum atomic E-state index is -0.370. The summed E-state index contributed by atoms with van der Waals surface area (Å²) in [6.45, 7) is 5.10. The summed E-state index contributed by atoms with van der Waals surface area (Å²) < 4.78 is 18.7. The molecule has 3 aromatic carbocycles. The second-order valence-electron chi connectivity index (χ2n) is 9.71. The van der Waals surface area contributed by atoms with Gasteiger partial charge in [-0.25, -0.2) is 9.18 Å². The molecule has 39 heavy (non-hydrogen) atoms.